The van der Waals surface area contributed by atoms with Crippen LogP contribution in [0.15, 0.2) is 11.1 Å². The van der Waals surface area contributed by atoms with Gasteiger partial charge in [-0.1, -0.05) is 13.8 Å². The maximum Gasteiger partial charge on any atom is 0.342 e. The van der Waals surface area contributed by atoms with Gasteiger partial charge in [-0.15, -0.1) is 0 Å². The van der Waals surface area contributed by atoms with Crippen molar-refractivity contribution in [3.63, 3.8) is 0 Å². The summed E-state index contributed by atoms with van der Waals surface area (Å²) in [7, 11) is 0. The summed E-state index contributed by atoms with van der Waals surface area (Å²) in [5.74, 6) is -0.825. The molecule has 0 N–H and O–H groups in total. The minimum atomic E-state index is -0.412. The van der Waals surface area contributed by atoms with Gasteiger partial charge in [0.05, 0.1) is 0 Å². The van der Waals surface area contributed by atoms with Crippen molar-refractivity contribution in [1.82, 2.24) is 0 Å². The number of cyclic esters (lactones) is 2. The van der Waals surface area contributed by atoms with Crippen molar-refractivity contribution >= 4 is 11.9 Å². The molecule has 0 aromatic rings. The maximum absolute atomic E-state index is 10.9. The van der Waals surface area contributed by atoms with Gasteiger partial charge in [0.25, 0.3) is 0 Å². The first-order valence-electron chi connectivity index (χ1n) is 4.77. The molecule has 1 heterocycles. The summed E-state index contributed by atoms with van der Waals surface area (Å²) in [5, 5.41) is 0. The van der Waals surface area contributed by atoms with Crippen molar-refractivity contribution in [3.05, 3.63) is 11.1 Å². The smallest absolute Gasteiger partial charge is 0.342 e. The fourth-order valence-electron chi connectivity index (χ4n) is 1.56. The Labute approximate surface area is 77.8 Å². The standard InChI is InChI=1S/C8H8O3.C2H6/c9-7-5-3-1-2-4-6(5)8(10)11-7;1-2/h1-4H2;1-2H3. The molecule has 0 amide bonds. The molecule has 0 aromatic heterocycles. The zero-order valence-electron chi connectivity index (χ0n) is 8.05. The summed E-state index contributed by atoms with van der Waals surface area (Å²) < 4.78 is 4.46. The third kappa shape index (κ3) is 1.79. The minimum absolute atomic E-state index is 0.412. The van der Waals surface area contributed by atoms with Crippen molar-refractivity contribution in [3.8, 4) is 0 Å². The number of ether oxygens (including phenoxy) is 1. The van der Waals surface area contributed by atoms with Crippen molar-refractivity contribution in [2.75, 3.05) is 0 Å². The van der Waals surface area contributed by atoms with E-state index in [9.17, 15) is 9.59 Å². The SMILES string of the molecule is CC.O=C1OC(=O)C2=C1CCCC2. The third-order valence-electron chi connectivity index (χ3n) is 2.15. The van der Waals surface area contributed by atoms with Crippen LogP contribution in [0.25, 0.3) is 0 Å². The summed E-state index contributed by atoms with van der Waals surface area (Å²) in [6.45, 7) is 4.00. The van der Waals surface area contributed by atoms with Crippen LogP contribution in [0, 0.1) is 0 Å². The highest BCUT2D eigenvalue weighted by molar-refractivity contribution is 6.12. The molecule has 72 valence electrons. The molecule has 2 aliphatic rings. The zero-order chi connectivity index (χ0) is 9.84. The van der Waals surface area contributed by atoms with Crippen LogP contribution in [0.4, 0.5) is 0 Å². The lowest BCUT2D eigenvalue weighted by molar-refractivity contribution is -0.151. The van der Waals surface area contributed by atoms with E-state index in [-0.39, 0.29) is 0 Å². The molecular formula is C10H14O3. The molecule has 1 aliphatic heterocycles. The fraction of sp³-hybridized carbons (Fsp3) is 0.600. The summed E-state index contributed by atoms with van der Waals surface area (Å²) in [6, 6.07) is 0. The summed E-state index contributed by atoms with van der Waals surface area (Å²) in [6.07, 6.45) is 3.45. The predicted octanol–water partition coefficient (Wildman–Crippen LogP) is 1.97. The Hall–Kier alpha value is -1.12. The number of rotatable bonds is 0. The second kappa shape index (κ2) is 4.21. The average molecular weight is 182 g/mol. The number of carbonyl (C=O) groups excluding carboxylic acids is 2. The average Bonchev–Trinajstić information content (AvgIpc) is 2.47. The first-order valence-corrected chi connectivity index (χ1v) is 4.77. The first kappa shape index (κ1) is 9.96. The number of hydrogen-bond donors (Lipinski definition) is 0. The van der Waals surface area contributed by atoms with Gasteiger partial charge in [-0.3, -0.25) is 0 Å². The molecule has 1 aliphatic carbocycles. The van der Waals surface area contributed by atoms with Crippen LogP contribution in [0.3, 0.4) is 0 Å². The van der Waals surface area contributed by atoms with Gasteiger partial charge >= 0.3 is 11.9 Å². The van der Waals surface area contributed by atoms with E-state index >= 15 is 0 Å². The molecule has 3 nitrogen and oxygen atoms in total. The topological polar surface area (TPSA) is 43.4 Å². The van der Waals surface area contributed by atoms with E-state index in [1.165, 1.54) is 0 Å². The van der Waals surface area contributed by atoms with Gasteiger partial charge in [0, 0.05) is 11.1 Å². The van der Waals surface area contributed by atoms with E-state index in [0.717, 1.165) is 25.7 Å². The van der Waals surface area contributed by atoms with Crippen LogP contribution in [-0.4, -0.2) is 11.9 Å². The Bertz CT molecular complexity index is 237. The summed E-state index contributed by atoms with van der Waals surface area (Å²) >= 11 is 0. The number of hydrogen-bond acceptors (Lipinski definition) is 3. The van der Waals surface area contributed by atoms with Crippen molar-refractivity contribution in [2.45, 2.75) is 39.5 Å². The maximum atomic E-state index is 10.9. The molecule has 0 unspecified atom stereocenters. The highest BCUT2D eigenvalue weighted by atomic mass is 16.6. The van der Waals surface area contributed by atoms with Gasteiger partial charge in [-0.05, 0) is 25.7 Å². The van der Waals surface area contributed by atoms with Crippen molar-refractivity contribution in [1.29, 1.82) is 0 Å². The van der Waals surface area contributed by atoms with Gasteiger partial charge in [-0.2, -0.15) is 0 Å². The molecule has 0 atom stereocenters. The Balaban J connectivity index is 0.000000396. The van der Waals surface area contributed by atoms with Gasteiger partial charge in [0.1, 0.15) is 0 Å². The second-order valence-corrected chi connectivity index (χ2v) is 2.84. The highest BCUT2D eigenvalue weighted by Crippen LogP contribution is 2.30. The lowest BCUT2D eigenvalue weighted by atomic mass is 9.93. The van der Waals surface area contributed by atoms with E-state index in [4.69, 9.17) is 0 Å². The van der Waals surface area contributed by atoms with Crippen LogP contribution in [0.2, 0.25) is 0 Å². The molecule has 0 spiro atoms. The molecule has 0 saturated carbocycles. The summed E-state index contributed by atoms with van der Waals surface area (Å²) in [4.78, 5) is 21.8. The molecule has 0 fully saturated rings. The first-order chi connectivity index (χ1) is 6.29. The normalized spacial score (nSPS) is 20.5. The molecule has 0 aromatic carbocycles. The molecular weight excluding hydrogens is 168 g/mol. The van der Waals surface area contributed by atoms with E-state index in [1.807, 2.05) is 13.8 Å². The third-order valence-corrected chi connectivity index (χ3v) is 2.15. The van der Waals surface area contributed by atoms with Crippen LogP contribution < -0.4 is 0 Å². The lowest BCUT2D eigenvalue weighted by Gasteiger charge is -2.07. The molecule has 0 bridgehead atoms. The molecule has 2 rings (SSSR count). The van der Waals surface area contributed by atoms with E-state index < -0.39 is 11.9 Å². The van der Waals surface area contributed by atoms with Gasteiger partial charge in [0.2, 0.25) is 0 Å². The monoisotopic (exact) mass is 182 g/mol. The van der Waals surface area contributed by atoms with Gasteiger partial charge < -0.3 is 4.74 Å². The zero-order valence-corrected chi connectivity index (χ0v) is 8.05. The Morgan fingerprint density at radius 2 is 1.31 bits per heavy atom. The highest BCUT2D eigenvalue weighted by Gasteiger charge is 2.33. The summed E-state index contributed by atoms with van der Waals surface area (Å²) in [5.41, 5.74) is 1.25. The number of carbonyl (C=O) groups is 2. The van der Waals surface area contributed by atoms with Gasteiger partial charge in [0.15, 0.2) is 0 Å². The van der Waals surface area contributed by atoms with Crippen LogP contribution >= 0.6 is 0 Å². The Kier molecular flexibility index (Phi) is 3.23. The molecule has 13 heavy (non-hydrogen) atoms. The quantitative estimate of drug-likeness (QED) is 0.425. The Morgan fingerprint density at radius 1 is 0.923 bits per heavy atom. The van der Waals surface area contributed by atoms with Crippen molar-refractivity contribution in [2.24, 2.45) is 0 Å². The van der Waals surface area contributed by atoms with Crippen LogP contribution in [0.5, 0.6) is 0 Å². The largest absolute Gasteiger partial charge is 0.386 e. The Morgan fingerprint density at radius 3 is 1.69 bits per heavy atom. The fourth-order valence-corrected chi connectivity index (χ4v) is 1.56. The lowest BCUT2D eigenvalue weighted by Crippen LogP contribution is -2.01. The second-order valence-electron chi connectivity index (χ2n) is 2.84. The van der Waals surface area contributed by atoms with Crippen LogP contribution in [-0.2, 0) is 14.3 Å². The van der Waals surface area contributed by atoms with E-state index in [2.05, 4.69) is 4.74 Å². The molecule has 0 saturated heterocycles. The van der Waals surface area contributed by atoms with Crippen molar-refractivity contribution < 1.29 is 14.3 Å². The predicted molar refractivity (Wildman–Crippen MR) is 47.9 cm³/mol. The van der Waals surface area contributed by atoms with Gasteiger partial charge in [-0.25, -0.2) is 9.59 Å². The number of esters is 2. The van der Waals surface area contributed by atoms with E-state index in [0.29, 0.717) is 11.1 Å². The minimum Gasteiger partial charge on any atom is -0.386 e. The molecule has 0 radical (unpaired) electrons. The van der Waals surface area contributed by atoms with E-state index in [1.54, 1.807) is 0 Å². The molecule has 3 heteroatoms. The van der Waals surface area contributed by atoms with Crippen LogP contribution in [0.1, 0.15) is 39.5 Å².